The van der Waals surface area contributed by atoms with Crippen molar-refractivity contribution in [1.82, 2.24) is 20.3 Å². The quantitative estimate of drug-likeness (QED) is 0.938. The van der Waals surface area contributed by atoms with E-state index in [0.29, 0.717) is 5.69 Å². The lowest BCUT2D eigenvalue weighted by Gasteiger charge is -2.47. The molecule has 1 heterocycles. The first-order chi connectivity index (χ1) is 11.3. The molecule has 1 aliphatic carbocycles. The Morgan fingerprint density at radius 3 is 2.42 bits per heavy atom. The molecule has 1 fully saturated rings. The van der Waals surface area contributed by atoms with Crippen LogP contribution in [0.1, 0.15) is 63.0 Å². The highest BCUT2D eigenvalue weighted by molar-refractivity contribution is 5.92. The van der Waals surface area contributed by atoms with Gasteiger partial charge in [0, 0.05) is 11.5 Å². The van der Waals surface area contributed by atoms with Crippen LogP contribution >= 0.6 is 0 Å². The average molecular weight is 326 g/mol. The number of hydrogen-bond donors (Lipinski definition) is 1. The normalized spacial score (nSPS) is 17.8. The van der Waals surface area contributed by atoms with Crippen LogP contribution in [0.25, 0.3) is 0 Å². The average Bonchev–Trinajstić information content (AvgIpc) is 2.97. The summed E-state index contributed by atoms with van der Waals surface area (Å²) in [6.07, 6.45) is 5.13. The first-order valence-corrected chi connectivity index (χ1v) is 8.62. The third-order valence-electron chi connectivity index (χ3n) is 5.18. The van der Waals surface area contributed by atoms with Gasteiger partial charge in [-0.1, -0.05) is 42.0 Å². The van der Waals surface area contributed by atoms with Crippen molar-refractivity contribution >= 4 is 5.91 Å². The number of aromatic nitrogens is 3. The zero-order valence-electron chi connectivity index (χ0n) is 14.9. The molecule has 0 spiro atoms. The lowest BCUT2D eigenvalue weighted by Crippen LogP contribution is -2.52. The zero-order valence-corrected chi connectivity index (χ0v) is 14.9. The Morgan fingerprint density at radius 1 is 1.25 bits per heavy atom. The summed E-state index contributed by atoms with van der Waals surface area (Å²) in [4.78, 5) is 12.6. The van der Waals surface area contributed by atoms with Crippen LogP contribution in [-0.2, 0) is 11.0 Å². The van der Waals surface area contributed by atoms with Crippen molar-refractivity contribution in [2.24, 2.45) is 0 Å². The van der Waals surface area contributed by atoms with E-state index in [1.165, 1.54) is 12.0 Å². The number of amides is 1. The molecular weight excluding hydrogens is 300 g/mol. The molecule has 1 unspecified atom stereocenters. The highest BCUT2D eigenvalue weighted by atomic mass is 16.2. The van der Waals surface area contributed by atoms with Gasteiger partial charge in [-0.25, -0.2) is 4.68 Å². The lowest BCUT2D eigenvalue weighted by molar-refractivity contribution is 0.0876. The van der Waals surface area contributed by atoms with E-state index in [2.05, 4.69) is 46.8 Å². The number of hydrogen-bond acceptors (Lipinski definition) is 3. The van der Waals surface area contributed by atoms with Gasteiger partial charge < -0.3 is 5.32 Å². The summed E-state index contributed by atoms with van der Waals surface area (Å²) in [5, 5.41) is 11.3. The monoisotopic (exact) mass is 326 g/mol. The predicted octanol–water partition coefficient (Wildman–Crippen LogP) is 3.27. The van der Waals surface area contributed by atoms with Crippen LogP contribution in [0.15, 0.2) is 36.5 Å². The zero-order chi connectivity index (χ0) is 17.4. The molecule has 3 rings (SSSR count). The molecule has 1 saturated carbocycles. The van der Waals surface area contributed by atoms with Gasteiger partial charge >= 0.3 is 0 Å². The molecule has 1 aromatic heterocycles. The van der Waals surface area contributed by atoms with Crippen molar-refractivity contribution in [3.05, 3.63) is 47.8 Å². The van der Waals surface area contributed by atoms with Crippen molar-refractivity contribution in [3.8, 4) is 0 Å². The fraction of sp³-hybridized carbons (Fsp3) is 0.526. The maximum Gasteiger partial charge on any atom is 0.273 e. The first kappa shape index (κ1) is 16.7. The lowest BCUT2D eigenvalue weighted by atomic mass is 9.60. The minimum Gasteiger partial charge on any atom is -0.347 e. The fourth-order valence-electron chi connectivity index (χ4n) is 3.40. The largest absolute Gasteiger partial charge is 0.347 e. The molecule has 0 saturated heterocycles. The summed E-state index contributed by atoms with van der Waals surface area (Å²) >= 11 is 0. The maximum atomic E-state index is 12.6. The Kier molecular flexibility index (Phi) is 4.20. The van der Waals surface area contributed by atoms with E-state index in [1.54, 1.807) is 10.9 Å². The molecule has 0 aliphatic heterocycles. The molecule has 1 aromatic carbocycles. The van der Waals surface area contributed by atoms with Crippen LogP contribution < -0.4 is 5.32 Å². The molecule has 5 nitrogen and oxygen atoms in total. The maximum absolute atomic E-state index is 12.6. The van der Waals surface area contributed by atoms with Gasteiger partial charge in [0.15, 0.2) is 5.69 Å². The fourth-order valence-corrected chi connectivity index (χ4v) is 3.40. The second-order valence-corrected chi connectivity index (χ2v) is 7.79. The summed E-state index contributed by atoms with van der Waals surface area (Å²) in [5.41, 5.74) is 1.54. The Balaban J connectivity index is 1.75. The predicted molar refractivity (Wildman–Crippen MR) is 93.9 cm³/mol. The van der Waals surface area contributed by atoms with Gasteiger partial charge in [-0.15, -0.1) is 5.10 Å². The van der Waals surface area contributed by atoms with Gasteiger partial charge in [0.25, 0.3) is 5.91 Å². The molecule has 0 radical (unpaired) electrons. The third-order valence-corrected chi connectivity index (χ3v) is 5.18. The number of benzene rings is 1. The third kappa shape index (κ3) is 2.95. The van der Waals surface area contributed by atoms with Crippen molar-refractivity contribution in [2.75, 3.05) is 0 Å². The molecule has 5 heteroatoms. The number of carbonyl (C=O) groups excluding carboxylic acids is 1. The molecule has 1 amide bonds. The van der Waals surface area contributed by atoms with Crippen molar-refractivity contribution in [2.45, 2.75) is 64.0 Å². The van der Waals surface area contributed by atoms with E-state index >= 15 is 0 Å². The summed E-state index contributed by atoms with van der Waals surface area (Å²) < 4.78 is 1.73. The number of nitrogens with zero attached hydrogens (tertiary/aromatic N) is 3. The highest BCUT2D eigenvalue weighted by Crippen LogP contribution is 2.46. The van der Waals surface area contributed by atoms with Crippen LogP contribution in [0, 0.1) is 0 Å². The van der Waals surface area contributed by atoms with Crippen LogP contribution in [0.5, 0.6) is 0 Å². The molecular formula is C19H26N4O. The molecule has 1 N–H and O–H groups in total. The Morgan fingerprint density at radius 2 is 1.92 bits per heavy atom. The van der Waals surface area contributed by atoms with Gasteiger partial charge in [-0.3, -0.25) is 4.79 Å². The minimum absolute atomic E-state index is 0.0386. The Bertz CT molecular complexity index is 710. The smallest absolute Gasteiger partial charge is 0.273 e. The summed E-state index contributed by atoms with van der Waals surface area (Å²) in [6.45, 7) is 8.19. The standard InChI is InChI=1S/C19H26N4O/c1-14(19(11-8-12-19)15-9-6-5-7-10-15)20-17(24)16-13-23(22-21-16)18(2,3)4/h5-7,9-10,13-14H,8,11-12H2,1-4H3,(H,20,24). The van der Waals surface area contributed by atoms with Gasteiger partial charge in [0.1, 0.15) is 0 Å². The first-order valence-electron chi connectivity index (χ1n) is 8.62. The van der Waals surface area contributed by atoms with E-state index in [-0.39, 0.29) is 22.9 Å². The van der Waals surface area contributed by atoms with E-state index in [4.69, 9.17) is 0 Å². The van der Waals surface area contributed by atoms with Crippen LogP contribution in [0.2, 0.25) is 0 Å². The number of nitrogens with one attached hydrogen (secondary N) is 1. The van der Waals surface area contributed by atoms with Crippen molar-refractivity contribution < 1.29 is 4.79 Å². The molecule has 128 valence electrons. The van der Waals surface area contributed by atoms with Gasteiger partial charge in [-0.05, 0) is 46.1 Å². The molecule has 2 aromatic rings. The van der Waals surface area contributed by atoms with Crippen molar-refractivity contribution in [3.63, 3.8) is 0 Å². The minimum atomic E-state index is -0.184. The van der Waals surface area contributed by atoms with Gasteiger partial charge in [0.2, 0.25) is 0 Å². The van der Waals surface area contributed by atoms with Gasteiger partial charge in [0.05, 0.1) is 11.7 Å². The van der Waals surface area contributed by atoms with Gasteiger partial charge in [-0.2, -0.15) is 0 Å². The summed E-state index contributed by atoms with van der Waals surface area (Å²) in [6, 6.07) is 10.6. The van der Waals surface area contributed by atoms with Crippen LogP contribution in [0.4, 0.5) is 0 Å². The van der Waals surface area contributed by atoms with Crippen molar-refractivity contribution in [1.29, 1.82) is 0 Å². The number of rotatable bonds is 4. The van der Waals surface area contributed by atoms with E-state index in [9.17, 15) is 4.79 Å². The van der Waals surface area contributed by atoms with Crippen LogP contribution in [0.3, 0.4) is 0 Å². The molecule has 0 bridgehead atoms. The topological polar surface area (TPSA) is 59.8 Å². The van der Waals surface area contributed by atoms with Crippen LogP contribution in [-0.4, -0.2) is 26.9 Å². The van der Waals surface area contributed by atoms with E-state index in [1.807, 2.05) is 26.8 Å². The second-order valence-electron chi connectivity index (χ2n) is 7.79. The molecule has 24 heavy (non-hydrogen) atoms. The van der Waals surface area contributed by atoms with E-state index in [0.717, 1.165) is 12.8 Å². The summed E-state index contributed by atoms with van der Waals surface area (Å²) in [7, 11) is 0. The van der Waals surface area contributed by atoms with E-state index < -0.39 is 0 Å². The Labute approximate surface area is 143 Å². The second kappa shape index (κ2) is 6.04. The molecule has 1 aliphatic rings. The molecule has 1 atom stereocenters. The highest BCUT2D eigenvalue weighted by Gasteiger charge is 2.44. The number of carbonyl (C=O) groups is 1. The summed E-state index contributed by atoms with van der Waals surface area (Å²) in [5.74, 6) is -0.153. The SMILES string of the molecule is CC(NC(=O)c1cn(C(C)(C)C)nn1)C1(c2ccccc2)CCC1. The Hall–Kier alpha value is -2.17.